The SMILES string of the molecule is CC(C)(C)OC(=O)N1CC(COc2ccc(-c3ccc(S(C)(=O)=O)nc3)cc2F)C1. The van der Waals surface area contributed by atoms with E-state index in [-0.39, 0.29) is 22.8 Å². The van der Waals surface area contributed by atoms with Crippen LogP contribution in [0.15, 0.2) is 41.6 Å². The summed E-state index contributed by atoms with van der Waals surface area (Å²) >= 11 is 0. The van der Waals surface area contributed by atoms with Crippen molar-refractivity contribution in [1.82, 2.24) is 9.88 Å². The number of sulfone groups is 1. The summed E-state index contributed by atoms with van der Waals surface area (Å²) in [6.07, 6.45) is 2.12. The predicted molar refractivity (Wildman–Crippen MR) is 110 cm³/mol. The van der Waals surface area contributed by atoms with E-state index in [1.165, 1.54) is 24.4 Å². The first-order valence-electron chi connectivity index (χ1n) is 9.49. The number of benzene rings is 1. The molecule has 1 aliphatic rings. The van der Waals surface area contributed by atoms with Gasteiger partial charge in [-0.25, -0.2) is 22.6 Å². The Kier molecular flexibility index (Phi) is 6.03. The topological polar surface area (TPSA) is 85.8 Å². The molecule has 0 N–H and O–H groups in total. The molecule has 2 heterocycles. The standard InChI is InChI=1S/C21H25FN2O5S/c1-21(2,3)29-20(25)24-11-14(12-24)13-28-18-7-5-15(9-17(18)22)16-6-8-19(23-10-16)30(4,26)27/h5-10,14H,11-13H2,1-4H3. The molecular weight excluding hydrogens is 411 g/mol. The van der Waals surface area contributed by atoms with Gasteiger partial charge in [-0.2, -0.15) is 0 Å². The number of nitrogens with zero attached hydrogens (tertiary/aromatic N) is 2. The molecule has 0 atom stereocenters. The summed E-state index contributed by atoms with van der Waals surface area (Å²) < 4.78 is 48.3. The van der Waals surface area contributed by atoms with Crippen molar-refractivity contribution < 1.29 is 27.1 Å². The Labute approximate surface area is 175 Å². The molecule has 1 saturated heterocycles. The molecule has 1 aromatic heterocycles. The Hall–Kier alpha value is -2.68. The number of hydrogen-bond acceptors (Lipinski definition) is 6. The number of aromatic nitrogens is 1. The first-order chi connectivity index (χ1) is 13.9. The summed E-state index contributed by atoms with van der Waals surface area (Å²) in [6, 6.07) is 7.50. The van der Waals surface area contributed by atoms with Crippen LogP contribution < -0.4 is 4.74 Å². The number of carbonyl (C=O) groups excluding carboxylic acids is 1. The number of pyridine rings is 1. The molecule has 0 saturated carbocycles. The Morgan fingerprint density at radius 3 is 2.40 bits per heavy atom. The molecule has 7 nitrogen and oxygen atoms in total. The van der Waals surface area contributed by atoms with Crippen molar-refractivity contribution in [1.29, 1.82) is 0 Å². The maximum atomic E-state index is 14.4. The van der Waals surface area contributed by atoms with Gasteiger partial charge in [-0.15, -0.1) is 0 Å². The fourth-order valence-electron chi connectivity index (χ4n) is 2.93. The molecule has 162 valence electrons. The number of halogens is 1. The number of carbonyl (C=O) groups is 1. The molecule has 1 fully saturated rings. The van der Waals surface area contributed by atoms with Crippen LogP contribution in [0.2, 0.25) is 0 Å². The van der Waals surface area contributed by atoms with Crippen LogP contribution in [0, 0.1) is 11.7 Å². The molecule has 1 amide bonds. The van der Waals surface area contributed by atoms with E-state index in [0.29, 0.717) is 30.8 Å². The lowest BCUT2D eigenvalue weighted by atomic mass is 10.0. The average Bonchev–Trinajstić information content (AvgIpc) is 2.59. The molecule has 3 rings (SSSR count). The third kappa shape index (κ3) is 5.47. The molecule has 1 aromatic carbocycles. The highest BCUT2D eigenvalue weighted by Gasteiger charge is 2.34. The summed E-state index contributed by atoms with van der Waals surface area (Å²) in [6.45, 7) is 6.75. The van der Waals surface area contributed by atoms with Crippen molar-refractivity contribution in [3.8, 4) is 16.9 Å². The highest BCUT2D eigenvalue weighted by Crippen LogP contribution is 2.27. The third-order valence-corrected chi connectivity index (χ3v) is 5.47. The maximum absolute atomic E-state index is 14.4. The van der Waals surface area contributed by atoms with Gasteiger partial charge in [0.05, 0.1) is 6.61 Å². The summed E-state index contributed by atoms with van der Waals surface area (Å²) in [5.41, 5.74) is 0.622. The zero-order chi connectivity index (χ0) is 22.1. The number of ether oxygens (including phenoxy) is 2. The van der Waals surface area contributed by atoms with Crippen LogP contribution in [-0.2, 0) is 14.6 Å². The minimum atomic E-state index is -3.39. The van der Waals surface area contributed by atoms with Gasteiger partial charge in [-0.3, -0.25) is 0 Å². The van der Waals surface area contributed by atoms with E-state index in [9.17, 15) is 17.6 Å². The van der Waals surface area contributed by atoms with E-state index in [0.717, 1.165) is 6.26 Å². The molecule has 0 bridgehead atoms. The highest BCUT2D eigenvalue weighted by atomic mass is 32.2. The lowest BCUT2D eigenvalue weighted by molar-refractivity contribution is -0.00805. The van der Waals surface area contributed by atoms with E-state index < -0.39 is 21.3 Å². The molecule has 0 spiro atoms. The first-order valence-corrected chi connectivity index (χ1v) is 11.4. The summed E-state index contributed by atoms with van der Waals surface area (Å²) in [7, 11) is -3.39. The van der Waals surface area contributed by atoms with Gasteiger partial charge in [0.1, 0.15) is 5.60 Å². The lowest BCUT2D eigenvalue weighted by Gasteiger charge is -2.39. The van der Waals surface area contributed by atoms with Crippen LogP contribution in [0.4, 0.5) is 9.18 Å². The fourth-order valence-corrected chi connectivity index (χ4v) is 3.49. The van der Waals surface area contributed by atoms with Crippen LogP contribution in [-0.4, -0.2) is 55.9 Å². The summed E-state index contributed by atoms with van der Waals surface area (Å²) in [5, 5.41) is -0.0346. The third-order valence-electron chi connectivity index (χ3n) is 4.46. The summed E-state index contributed by atoms with van der Waals surface area (Å²) in [5.74, 6) is -0.289. The van der Waals surface area contributed by atoms with Crippen molar-refractivity contribution in [3.63, 3.8) is 0 Å². The highest BCUT2D eigenvalue weighted by molar-refractivity contribution is 7.90. The molecule has 30 heavy (non-hydrogen) atoms. The molecule has 2 aromatic rings. The molecule has 9 heteroatoms. The van der Waals surface area contributed by atoms with E-state index in [1.54, 1.807) is 17.0 Å². The quantitative estimate of drug-likeness (QED) is 0.713. The fraction of sp³-hybridized carbons (Fsp3) is 0.429. The van der Waals surface area contributed by atoms with Gasteiger partial charge in [-0.1, -0.05) is 6.07 Å². The molecular formula is C21H25FN2O5S. The van der Waals surface area contributed by atoms with Crippen LogP contribution in [0.1, 0.15) is 20.8 Å². The van der Waals surface area contributed by atoms with Gasteiger partial charge < -0.3 is 14.4 Å². The van der Waals surface area contributed by atoms with Gasteiger partial charge in [0.2, 0.25) is 0 Å². The van der Waals surface area contributed by atoms with Crippen molar-refractivity contribution in [2.75, 3.05) is 26.0 Å². The predicted octanol–water partition coefficient (Wildman–Crippen LogP) is 3.54. The van der Waals surface area contributed by atoms with Crippen molar-refractivity contribution >= 4 is 15.9 Å². The number of hydrogen-bond donors (Lipinski definition) is 0. The minimum Gasteiger partial charge on any atom is -0.490 e. The largest absolute Gasteiger partial charge is 0.490 e. The Morgan fingerprint density at radius 1 is 1.20 bits per heavy atom. The number of amides is 1. The van der Waals surface area contributed by atoms with Crippen molar-refractivity contribution in [2.45, 2.75) is 31.4 Å². The maximum Gasteiger partial charge on any atom is 0.410 e. The average molecular weight is 437 g/mol. The normalized spacial score (nSPS) is 14.9. The second kappa shape index (κ2) is 8.22. The Morgan fingerprint density at radius 2 is 1.87 bits per heavy atom. The minimum absolute atomic E-state index is 0.0346. The van der Waals surface area contributed by atoms with E-state index in [1.807, 2.05) is 20.8 Å². The van der Waals surface area contributed by atoms with Crippen LogP contribution in [0.25, 0.3) is 11.1 Å². The van der Waals surface area contributed by atoms with Gasteiger partial charge in [0.25, 0.3) is 0 Å². The molecule has 0 unspecified atom stereocenters. The van der Waals surface area contributed by atoms with Crippen LogP contribution in [0.5, 0.6) is 5.75 Å². The Balaban J connectivity index is 1.55. The lowest BCUT2D eigenvalue weighted by Crippen LogP contribution is -2.53. The Bertz CT molecular complexity index is 1030. The monoisotopic (exact) mass is 436 g/mol. The van der Waals surface area contributed by atoms with Crippen LogP contribution in [0.3, 0.4) is 0 Å². The van der Waals surface area contributed by atoms with Gasteiger partial charge in [-0.05, 0) is 50.6 Å². The first kappa shape index (κ1) is 22.0. The number of likely N-dealkylation sites (tertiary alicyclic amines) is 1. The van der Waals surface area contributed by atoms with Gasteiger partial charge in [0.15, 0.2) is 26.4 Å². The second-order valence-electron chi connectivity index (χ2n) is 8.36. The zero-order valence-electron chi connectivity index (χ0n) is 17.4. The van der Waals surface area contributed by atoms with E-state index in [2.05, 4.69) is 4.98 Å². The van der Waals surface area contributed by atoms with Crippen molar-refractivity contribution in [2.24, 2.45) is 5.92 Å². The van der Waals surface area contributed by atoms with Gasteiger partial charge >= 0.3 is 6.09 Å². The van der Waals surface area contributed by atoms with Crippen LogP contribution >= 0.6 is 0 Å². The molecule has 1 aliphatic heterocycles. The second-order valence-corrected chi connectivity index (χ2v) is 10.3. The van der Waals surface area contributed by atoms with E-state index >= 15 is 0 Å². The molecule has 0 radical (unpaired) electrons. The van der Waals surface area contributed by atoms with E-state index in [4.69, 9.17) is 9.47 Å². The summed E-state index contributed by atoms with van der Waals surface area (Å²) in [4.78, 5) is 17.4. The molecule has 0 aliphatic carbocycles. The van der Waals surface area contributed by atoms with Gasteiger partial charge in [0, 0.05) is 37.0 Å². The van der Waals surface area contributed by atoms with Crippen molar-refractivity contribution in [3.05, 3.63) is 42.3 Å². The number of rotatable bonds is 5. The smallest absolute Gasteiger partial charge is 0.410 e. The zero-order valence-corrected chi connectivity index (χ0v) is 18.2.